The molecule has 0 spiro atoms. The highest BCUT2D eigenvalue weighted by Crippen LogP contribution is 2.32. The van der Waals surface area contributed by atoms with Crippen LogP contribution in [0.1, 0.15) is 53.4 Å². The van der Waals surface area contributed by atoms with E-state index in [-0.39, 0.29) is 0 Å². The highest BCUT2D eigenvalue weighted by Gasteiger charge is 2.32. The van der Waals surface area contributed by atoms with E-state index in [2.05, 4.69) is 37.9 Å². The number of hydrogen-bond acceptors (Lipinski definition) is 2. The first kappa shape index (κ1) is 14.3. The highest BCUT2D eigenvalue weighted by molar-refractivity contribution is 4.88. The quantitative estimate of drug-likeness (QED) is 0.830. The third kappa shape index (κ3) is 3.48. The van der Waals surface area contributed by atoms with Crippen molar-refractivity contribution in [2.75, 3.05) is 19.6 Å². The monoisotopic (exact) mass is 252 g/mol. The zero-order valence-corrected chi connectivity index (χ0v) is 12.8. The maximum atomic E-state index is 3.72. The summed E-state index contributed by atoms with van der Waals surface area (Å²) in [4.78, 5) is 2.79. The Hall–Kier alpha value is -0.0800. The third-order valence-electron chi connectivity index (χ3n) is 5.24. The molecule has 1 N–H and O–H groups in total. The molecular weight excluding hydrogens is 220 g/mol. The Kier molecular flexibility index (Phi) is 5.08. The fourth-order valence-electron chi connectivity index (χ4n) is 4.00. The van der Waals surface area contributed by atoms with Crippen molar-refractivity contribution in [1.29, 1.82) is 0 Å². The second-order valence-electron chi connectivity index (χ2n) is 7.01. The summed E-state index contributed by atoms with van der Waals surface area (Å²) in [6.07, 6.45) is 5.59. The van der Waals surface area contributed by atoms with Crippen molar-refractivity contribution in [3.05, 3.63) is 0 Å². The molecule has 18 heavy (non-hydrogen) atoms. The molecule has 0 aromatic carbocycles. The van der Waals surface area contributed by atoms with Gasteiger partial charge in [0.15, 0.2) is 0 Å². The van der Waals surface area contributed by atoms with Crippen LogP contribution in [0.3, 0.4) is 0 Å². The van der Waals surface area contributed by atoms with Crippen LogP contribution in [-0.2, 0) is 0 Å². The van der Waals surface area contributed by atoms with Crippen molar-refractivity contribution >= 4 is 0 Å². The second-order valence-corrected chi connectivity index (χ2v) is 7.01. The van der Waals surface area contributed by atoms with Gasteiger partial charge in [-0.1, -0.05) is 34.1 Å². The van der Waals surface area contributed by atoms with Crippen LogP contribution < -0.4 is 5.32 Å². The molecule has 2 aliphatic rings. The van der Waals surface area contributed by atoms with Gasteiger partial charge >= 0.3 is 0 Å². The minimum Gasteiger partial charge on any atom is -0.311 e. The van der Waals surface area contributed by atoms with Crippen molar-refractivity contribution in [3.8, 4) is 0 Å². The molecule has 1 heterocycles. The average Bonchev–Trinajstić information content (AvgIpc) is 2.37. The van der Waals surface area contributed by atoms with E-state index >= 15 is 0 Å². The van der Waals surface area contributed by atoms with E-state index in [1.807, 2.05) is 0 Å². The predicted octanol–water partition coefficient (Wildman–Crippen LogP) is 3.13. The van der Waals surface area contributed by atoms with Crippen LogP contribution in [0.2, 0.25) is 0 Å². The van der Waals surface area contributed by atoms with Crippen molar-refractivity contribution in [2.45, 2.75) is 65.5 Å². The molecule has 106 valence electrons. The molecule has 0 bridgehead atoms. The number of nitrogens with one attached hydrogen (secondary N) is 1. The molecule has 0 aromatic rings. The van der Waals surface area contributed by atoms with E-state index in [9.17, 15) is 0 Å². The lowest BCUT2D eigenvalue weighted by molar-refractivity contribution is 0.0708. The topological polar surface area (TPSA) is 15.3 Å². The number of rotatable bonds is 3. The van der Waals surface area contributed by atoms with Gasteiger partial charge in [0, 0.05) is 31.7 Å². The van der Waals surface area contributed by atoms with E-state index in [1.54, 1.807) is 0 Å². The number of hydrogen-bond donors (Lipinski definition) is 1. The van der Waals surface area contributed by atoms with E-state index in [1.165, 1.54) is 45.3 Å². The van der Waals surface area contributed by atoms with Crippen LogP contribution in [0.4, 0.5) is 0 Å². The largest absolute Gasteiger partial charge is 0.311 e. The van der Waals surface area contributed by atoms with Gasteiger partial charge in [-0.3, -0.25) is 4.90 Å². The molecule has 1 aliphatic carbocycles. The SMILES string of the molecule is CCC(C)C1CN(C2CC(C)CC(C)C2)CCN1. The normalized spacial score (nSPS) is 40.7. The first-order chi connectivity index (χ1) is 8.60. The molecular formula is C16H32N2. The van der Waals surface area contributed by atoms with Gasteiger partial charge in [0.05, 0.1) is 0 Å². The Morgan fingerprint density at radius 1 is 1.17 bits per heavy atom. The van der Waals surface area contributed by atoms with E-state index in [4.69, 9.17) is 0 Å². The Bertz CT molecular complexity index is 243. The molecule has 1 aliphatic heterocycles. The van der Waals surface area contributed by atoms with Crippen molar-refractivity contribution < 1.29 is 0 Å². The second kappa shape index (κ2) is 6.38. The molecule has 1 saturated heterocycles. The van der Waals surface area contributed by atoms with Crippen LogP contribution >= 0.6 is 0 Å². The molecule has 2 heteroatoms. The van der Waals surface area contributed by atoms with E-state index in [0.29, 0.717) is 0 Å². The smallest absolute Gasteiger partial charge is 0.0221 e. The highest BCUT2D eigenvalue weighted by atomic mass is 15.2. The maximum absolute atomic E-state index is 3.72. The Labute approximate surface area is 114 Å². The maximum Gasteiger partial charge on any atom is 0.0221 e. The summed E-state index contributed by atoms with van der Waals surface area (Å²) in [6, 6.07) is 1.58. The van der Waals surface area contributed by atoms with Gasteiger partial charge in [-0.2, -0.15) is 0 Å². The summed E-state index contributed by atoms with van der Waals surface area (Å²) in [6.45, 7) is 13.3. The van der Waals surface area contributed by atoms with Crippen LogP contribution in [0.15, 0.2) is 0 Å². The van der Waals surface area contributed by atoms with Crippen LogP contribution in [0.25, 0.3) is 0 Å². The molecule has 2 nitrogen and oxygen atoms in total. The summed E-state index contributed by atoms with van der Waals surface area (Å²) in [5, 5.41) is 3.72. The average molecular weight is 252 g/mol. The van der Waals surface area contributed by atoms with Gasteiger partial charge in [0.2, 0.25) is 0 Å². The first-order valence-corrected chi connectivity index (χ1v) is 8.07. The summed E-state index contributed by atoms with van der Waals surface area (Å²) < 4.78 is 0. The minimum atomic E-state index is 0.719. The standard InChI is InChI=1S/C16H32N2/c1-5-14(4)16-11-18(7-6-17-16)15-9-12(2)8-13(3)10-15/h12-17H,5-11H2,1-4H3. The Morgan fingerprint density at radius 2 is 1.83 bits per heavy atom. The molecule has 2 rings (SSSR count). The third-order valence-corrected chi connectivity index (χ3v) is 5.24. The summed E-state index contributed by atoms with van der Waals surface area (Å²) in [5.74, 6) is 2.66. The van der Waals surface area contributed by atoms with Crippen molar-refractivity contribution in [2.24, 2.45) is 17.8 Å². The van der Waals surface area contributed by atoms with Crippen molar-refractivity contribution in [3.63, 3.8) is 0 Å². The van der Waals surface area contributed by atoms with Crippen molar-refractivity contribution in [1.82, 2.24) is 10.2 Å². The molecule has 2 fully saturated rings. The van der Waals surface area contributed by atoms with Gasteiger partial charge in [0.25, 0.3) is 0 Å². The molecule has 4 unspecified atom stereocenters. The summed E-state index contributed by atoms with van der Waals surface area (Å²) in [5.41, 5.74) is 0. The molecule has 1 saturated carbocycles. The van der Waals surface area contributed by atoms with Gasteiger partial charge < -0.3 is 5.32 Å². The van der Waals surface area contributed by atoms with Crippen LogP contribution in [0.5, 0.6) is 0 Å². The van der Waals surface area contributed by atoms with E-state index in [0.717, 1.165) is 29.8 Å². The lowest BCUT2D eigenvalue weighted by Gasteiger charge is -2.44. The minimum absolute atomic E-state index is 0.719. The lowest BCUT2D eigenvalue weighted by atomic mass is 9.79. The molecule has 0 aromatic heterocycles. The van der Waals surface area contributed by atoms with Gasteiger partial charge in [0.1, 0.15) is 0 Å². The Balaban J connectivity index is 1.91. The molecule has 0 radical (unpaired) electrons. The van der Waals surface area contributed by atoms with Crippen LogP contribution in [0, 0.1) is 17.8 Å². The number of nitrogens with zero attached hydrogens (tertiary/aromatic N) is 1. The van der Waals surface area contributed by atoms with Gasteiger partial charge in [-0.25, -0.2) is 0 Å². The fraction of sp³-hybridized carbons (Fsp3) is 1.00. The first-order valence-electron chi connectivity index (χ1n) is 8.07. The zero-order valence-electron chi connectivity index (χ0n) is 12.8. The van der Waals surface area contributed by atoms with Crippen LogP contribution in [-0.4, -0.2) is 36.6 Å². The number of piperazine rings is 1. The summed E-state index contributed by atoms with van der Waals surface area (Å²) in [7, 11) is 0. The molecule has 0 amide bonds. The fourth-order valence-corrected chi connectivity index (χ4v) is 4.00. The predicted molar refractivity (Wildman–Crippen MR) is 78.8 cm³/mol. The molecule has 4 atom stereocenters. The lowest BCUT2D eigenvalue weighted by Crippen LogP contribution is -2.57. The Morgan fingerprint density at radius 3 is 2.44 bits per heavy atom. The summed E-state index contributed by atoms with van der Waals surface area (Å²) >= 11 is 0. The van der Waals surface area contributed by atoms with Gasteiger partial charge in [-0.05, 0) is 37.0 Å². The van der Waals surface area contributed by atoms with Gasteiger partial charge in [-0.15, -0.1) is 0 Å². The zero-order chi connectivity index (χ0) is 13.1. The van der Waals surface area contributed by atoms with E-state index < -0.39 is 0 Å².